The van der Waals surface area contributed by atoms with Crippen LogP contribution in [0.4, 0.5) is 0 Å². The first kappa shape index (κ1) is 14.6. The van der Waals surface area contributed by atoms with Crippen LogP contribution >= 0.6 is 27.3 Å². The summed E-state index contributed by atoms with van der Waals surface area (Å²) in [6.45, 7) is 4.34. The van der Waals surface area contributed by atoms with Gasteiger partial charge < -0.3 is 10.1 Å². The summed E-state index contributed by atoms with van der Waals surface area (Å²) in [5.41, 5.74) is 2.34. The van der Waals surface area contributed by atoms with Crippen LogP contribution in [0.3, 0.4) is 0 Å². The zero-order valence-electron chi connectivity index (χ0n) is 10.9. The molecule has 0 aliphatic heterocycles. The van der Waals surface area contributed by atoms with Crippen LogP contribution in [0.15, 0.2) is 22.7 Å². The molecule has 0 spiro atoms. The Labute approximate surface area is 125 Å². The lowest BCUT2D eigenvalue weighted by molar-refractivity contribution is 0.199. The largest absolute Gasteiger partial charge is 0.383 e. The minimum atomic E-state index is 0.706. The molecule has 1 N–H and O–H groups in total. The van der Waals surface area contributed by atoms with E-state index in [0.717, 1.165) is 33.1 Å². The molecule has 0 amide bonds. The van der Waals surface area contributed by atoms with Crippen molar-refractivity contribution in [2.75, 3.05) is 20.3 Å². The van der Waals surface area contributed by atoms with Crippen LogP contribution in [-0.4, -0.2) is 30.5 Å². The maximum Gasteiger partial charge on any atom is 0.148 e. The second-order valence-corrected chi connectivity index (χ2v) is 6.11. The summed E-state index contributed by atoms with van der Waals surface area (Å²) in [5, 5.41) is 13.7. The predicted octanol–water partition coefficient (Wildman–Crippen LogP) is 3.01. The molecule has 0 atom stereocenters. The lowest BCUT2D eigenvalue weighted by atomic mass is 10.1. The normalized spacial score (nSPS) is 10.9. The summed E-state index contributed by atoms with van der Waals surface area (Å²) >= 11 is 5.09. The highest BCUT2D eigenvalue weighted by Gasteiger charge is 2.09. The minimum Gasteiger partial charge on any atom is -0.383 e. The Morgan fingerprint density at radius 2 is 2.21 bits per heavy atom. The molecule has 0 bridgehead atoms. The van der Waals surface area contributed by atoms with Crippen molar-refractivity contribution < 1.29 is 4.74 Å². The van der Waals surface area contributed by atoms with Crippen LogP contribution in [-0.2, 0) is 11.3 Å². The van der Waals surface area contributed by atoms with Crippen molar-refractivity contribution in [1.29, 1.82) is 0 Å². The molecule has 0 radical (unpaired) electrons. The molecule has 1 heterocycles. The van der Waals surface area contributed by atoms with Crippen molar-refractivity contribution in [3.8, 4) is 10.6 Å². The van der Waals surface area contributed by atoms with Gasteiger partial charge in [-0.3, -0.25) is 0 Å². The van der Waals surface area contributed by atoms with Gasteiger partial charge in [-0.1, -0.05) is 33.3 Å². The number of aromatic nitrogens is 2. The van der Waals surface area contributed by atoms with Gasteiger partial charge in [-0.2, -0.15) is 0 Å². The molecule has 2 rings (SSSR count). The zero-order chi connectivity index (χ0) is 13.7. The van der Waals surface area contributed by atoms with Crippen LogP contribution in [0.2, 0.25) is 0 Å². The number of nitrogens with one attached hydrogen (secondary N) is 1. The molecule has 1 aromatic carbocycles. The van der Waals surface area contributed by atoms with Crippen molar-refractivity contribution in [2.45, 2.75) is 13.5 Å². The van der Waals surface area contributed by atoms with Crippen LogP contribution in [0, 0.1) is 6.92 Å². The van der Waals surface area contributed by atoms with Gasteiger partial charge in [0.25, 0.3) is 0 Å². The number of hydrogen-bond acceptors (Lipinski definition) is 5. The number of ether oxygens (including phenoxy) is 1. The molecule has 19 heavy (non-hydrogen) atoms. The van der Waals surface area contributed by atoms with Gasteiger partial charge in [0.15, 0.2) is 0 Å². The number of aryl methyl sites for hydroxylation is 1. The molecule has 0 saturated heterocycles. The third kappa shape index (κ3) is 4.07. The zero-order valence-corrected chi connectivity index (χ0v) is 13.3. The smallest absolute Gasteiger partial charge is 0.148 e. The van der Waals surface area contributed by atoms with E-state index in [0.29, 0.717) is 6.61 Å². The molecule has 0 unspecified atom stereocenters. The maximum absolute atomic E-state index is 4.98. The molecule has 102 valence electrons. The van der Waals surface area contributed by atoms with Gasteiger partial charge in [-0.15, -0.1) is 10.2 Å². The SMILES string of the molecule is COCCNCc1nnc(-c2ccc(Br)cc2C)s1. The number of halogens is 1. The van der Waals surface area contributed by atoms with E-state index >= 15 is 0 Å². The van der Waals surface area contributed by atoms with Gasteiger partial charge in [0.1, 0.15) is 10.0 Å². The Morgan fingerprint density at radius 1 is 1.37 bits per heavy atom. The maximum atomic E-state index is 4.98. The van der Waals surface area contributed by atoms with Crippen molar-refractivity contribution >= 4 is 27.3 Å². The summed E-state index contributed by atoms with van der Waals surface area (Å²) in [4.78, 5) is 0. The first-order chi connectivity index (χ1) is 9.20. The van der Waals surface area contributed by atoms with E-state index in [-0.39, 0.29) is 0 Å². The minimum absolute atomic E-state index is 0.706. The van der Waals surface area contributed by atoms with Gasteiger partial charge in [-0.25, -0.2) is 0 Å². The Kier molecular flexibility index (Phi) is 5.45. The third-order valence-electron chi connectivity index (χ3n) is 2.64. The van der Waals surface area contributed by atoms with Gasteiger partial charge in [-0.05, 0) is 24.6 Å². The highest BCUT2D eigenvalue weighted by molar-refractivity contribution is 9.10. The fourth-order valence-electron chi connectivity index (χ4n) is 1.67. The Hall–Kier alpha value is -0.820. The Bertz CT molecular complexity index is 544. The lowest BCUT2D eigenvalue weighted by Gasteiger charge is -2.01. The third-order valence-corrected chi connectivity index (χ3v) is 4.09. The van der Waals surface area contributed by atoms with E-state index in [4.69, 9.17) is 4.74 Å². The number of hydrogen-bond donors (Lipinski definition) is 1. The second-order valence-electron chi connectivity index (χ2n) is 4.13. The van der Waals surface area contributed by atoms with Gasteiger partial charge >= 0.3 is 0 Å². The molecule has 6 heteroatoms. The van der Waals surface area contributed by atoms with Crippen LogP contribution in [0.25, 0.3) is 10.6 Å². The first-order valence-electron chi connectivity index (χ1n) is 5.99. The van der Waals surface area contributed by atoms with Crippen LogP contribution in [0.1, 0.15) is 10.6 Å². The van der Waals surface area contributed by atoms with E-state index in [9.17, 15) is 0 Å². The van der Waals surface area contributed by atoms with Crippen molar-refractivity contribution in [3.63, 3.8) is 0 Å². The summed E-state index contributed by atoms with van der Waals surface area (Å²) in [7, 11) is 1.70. The fraction of sp³-hybridized carbons (Fsp3) is 0.385. The average molecular weight is 342 g/mol. The Morgan fingerprint density at radius 3 is 2.95 bits per heavy atom. The number of nitrogens with zero attached hydrogens (tertiary/aromatic N) is 2. The molecule has 1 aromatic heterocycles. The summed E-state index contributed by atoms with van der Waals surface area (Å²) in [6, 6.07) is 6.19. The highest BCUT2D eigenvalue weighted by Crippen LogP contribution is 2.28. The monoisotopic (exact) mass is 341 g/mol. The lowest BCUT2D eigenvalue weighted by Crippen LogP contribution is -2.18. The quantitative estimate of drug-likeness (QED) is 0.820. The first-order valence-corrected chi connectivity index (χ1v) is 7.60. The molecule has 0 fully saturated rings. The predicted molar refractivity (Wildman–Crippen MR) is 81.4 cm³/mol. The summed E-state index contributed by atoms with van der Waals surface area (Å²) in [6.07, 6.45) is 0. The molecule has 0 saturated carbocycles. The molecule has 4 nitrogen and oxygen atoms in total. The van der Waals surface area contributed by atoms with Gasteiger partial charge in [0, 0.05) is 30.2 Å². The average Bonchev–Trinajstić information content (AvgIpc) is 2.83. The molecular weight excluding hydrogens is 326 g/mol. The van der Waals surface area contributed by atoms with Crippen molar-refractivity contribution in [2.24, 2.45) is 0 Å². The van der Waals surface area contributed by atoms with Crippen LogP contribution < -0.4 is 5.32 Å². The van der Waals surface area contributed by atoms with E-state index in [1.807, 2.05) is 6.07 Å². The van der Waals surface area contributed by atoms with Crippen LogP contribution in [0.5, 0.6) is 0 Å². The van der Waals surface area contributed by atoms with Gasteiger partial charge in [0.05, 0.1) is 6.61 Å². The second kappa shape index (κ2) is 7.09. The molecule has 2 aromatic rings. The summed E-state index contributed by atoms with van der Waals surface area (Å²) < 4.78 is 6.06. The standard InChI is InChI=1S/C13H16BrN3OS/c1-9-7-10(14)3-4-11(9)13-17-16-12(19-13)8-15-5-6-18-2/h3-4,7,15H,5-6,8H2,1-2H3. The highest BCUT2D eigenvalue weighted by atomic mass is 79.9. The van der Waals surface area contributed by atoms with E-state index in [1.54, 1.807) is 18.4 Å². The molecular formula is C13H16BrN3OS. The number of methoxy groups -OCH3 is 1. The van der Waals surface area contributed by atoms with Crippen molar-refractivity contribution in [3.05, 3.63) is 33.2 Å². The van der Waals surface area contributed by atoms with Gasteiger partial charge in [0.2, 0.25) is 0 Å². The topological polar surface area (TPSA) is 47.0 Å². The summed E-state index contributed by atoms with van der Waals surface area (Å²) in [5.74, 6) is 0. The molecule has 0 aliphatic carbocycles. The molecule has 0 aliphatic rings. The van der Waals surface area contributed by atoms with E-state index < -0.39 is 0 Å². The number of rotatable bonds is 6. The number of benzene rings is 1. The van der Waals surface area contributed by atoms with Crippen molar-refractivity contribution in [1.82, 2.24) is 15.5 Å². The van der Waals surface area contributed by atoms with E-state index in [2.05, 4.69) is 50.5 Å². The van der Waals surface area contributed by atoms with E-state index in [1.165, 1.54) is 5.56 Å². The Balaban J connectivity index is 2.04. The fourth-order valence-corrected chi connectivity index (χ4v) is 3.05.